The van der Waals surface area contributed by atoms with Crippen molar-refractivity contribution >= 4 is 0 Å². The molecule has 1 atom stereocenters. The summed E-state index contributed by atoms with van der Waals surface area (Å²) in [6.07, 6.45) is 1.36. The van der Waals surface area contributed by atoms with Crippen LogP contribution in [0.2, 0.25) is 0 Å². The molecule has 0 bridgehead atoms. The van der Waals surface area contributed by atoms with E-state index in [0.29, 0.717) is 12.2 Å². The smallest absolute Gasteiger partial charge is 0.213 e. The van der Waals surface area contributed by atoms with Gasteiger partial charge in [0.1, 0.15) is 11.8 Å². The molecule has 1 unspecified atom stereocenters. The van der Waals surface area contributed by atoms with E-state index in [1.807, 2.05) is 13.0 Å². The number of halogens is 1. The van der Waals surface area contributed by atoms with Gasteiger partial charge in [-0.05, 0) is 18.6 Å². The zero-order chi connectivity index (χ0) is 9.68. The summed E-state index contributed by atoms with van der Waals surface area (Å²) in [5, 5.41) is 8.57. The molecular weight excluding hydrogens is 171 g/mol. The highest BCUT2D eigenvalue weighted by atomic mass is 19.1. The van der Waals surface area contributed by atoms with Gasteiger partial charge in [0.05, 0.1) is 6.20 Å². The first kappa shape index (κ1) is 9.46. The molecule has 13 heavy (non-hydrogen) atoms. The van der Waals surface area contributed by atoms with Crippen LogP contribution < -0.4 is 4.74 Å². The summed E-state index contributed by atoms with van der Waals surface area (Å²) >= 11 is 0. The maximum atomic E-state index is 12.4. The number of hydrogen-bond acceptors (Lipinski definition) is 3. The summed E-state index contributed by atoms with van der Waals surface area (Å²) < 4.78 is 17.5. The van der Waals surface area contributed by atoms with Crippen LogP contribution in [-0.4, -0.2) is 11.1 Å². The summed E-state index contributed by atoms with van der Waals surface area (Å²) in [5.74, 6) is -0.146. The fraction of sp³-hybridized carbons (Fsp3) is 0.333. The van der Waals surface area contributed by atoms with Gasteiger partial charge in [0.25, 0.3) is 0 Å². The van der Waals surface area contributed by atoms with Gasteiger partial charge in [-0.15, -0.1) is 0 Å². The Morgan fingerprint density at radius 3 is 2.92 bits per heavy atom. The van der Waals surface area contributed by atoms with Crippen molar-refractivity contribution in [3.8, 4) is 11.8 Å². The van der Waals surface area contributed by atoms with Crippen LogP contribution in [-0.2, 0) is 0 Å². The van der Waals surface area contributed by atoms with E-state index in [0.717, 1.165) is 0 Å². The van der Waals surface area contributed by atoms with Crippen molar-refractivity contribution in [1.29, 1.82) is 5.26 Å². The van der Waals surface area contributed by atoms with Crippen molar-refractivity contribution in [1.82, 2.24) is 4.98 Å². The number of hydrogen-bond donors (Lipinski definition) is 0. The van der Waals surface area contributed by atoms with Gasteiger partial charge in [0.15, 0.2) is 6.10 Å². The van der Waals surface area contributed by atoms with Crippen molar-refractivity contribution in [3.63, 3.8) is 0 Å². The Morgan fingerprint density at radius 2 is 2.46 bits per heavy atom. The zero-order valence-corrected chi connectivity index (χ0v) is 7.20. The fourth-order valence-corrected chi connectivity index (χ4v) is 0.797. The number of rotatable bonds is 3. The number of nitrogens with zero attached hydrogens (tertiary/aromatic N) is 2. The minimum Gasteiger partial charge on any atom is -0.474 e. The first-order valence-corrected chi connectivity index (χ1v) is 3.94. The maximum Gasteiger partial charge on any atom is 0.213 e. The van der Waals surface area contributed by atoms with Crippen LogP contribution in [0.15, 0.2) is 18.3 Å². The molecule has 0 N–H and O–H groups in total. The maximum absolute atomic E-state index is 12.4. The Bertz CT molecular complexity index is 304. The second kappa shape index (κ2) is 4.41. The Kier molecular flexibility index (Phi) is 3.21. The van der Waals surface area contributed by atoms with Crippen LogP contribution in [0.1, 0.15) is 13.3 Å². The summed E-state index contributed by atoms with van der Waals surface area (Å²) in [7, 11) is 0. The molecule has 4 heteroatoms. The Morgan fingerprint density at radius 1 is 1.69 bits per heavy atom. The first-order valence-electron chi connectivity index (χ1n) is 3.94. The lowest BCUT2D eigenvalue weighted by Crippen LogP contribution is -2.12. The highest BCUT2D eigenvalue weighted by molar-refractivity contribution is 5.17. The second-order valence-corrected chi connectivity index (χ2v) is 2.46. The average Bonchev–Trinajstić information content (AvgIpc) is 2.17. The normalized spacial score (nSPS) is 11.8. The minimum absolute atomic E-state index is 0.412. The van der Waals surface area contributed by atoms with Crippen molar-refractivity contribution in [2.45, 2.75) is 19.4 Å². The van der Waals surface area contributed by atoms with E-state index >= 15 is 0 Å². The summed E-state index contributed by atoms with van der Waals surface area (Å²) in [5.41, 5.74) is 0. The average molecular weight is 180 g/mol. The van der Waals surface area contributed by atoms with Gasteiger partial charge in [0, 0.05) is 0 Å². The predicted octanol–water partition coefficient (Wildman–Crippen LogP) is 1.90. The van der Waals surface area contributed by atoms with Gasteiger partial charge in [0.2, 0.25) is 5.95 Å². The predicted molar refractivity (Wildman–Crippen MR) is 44.5 cm³/mol. The Labute approximate surface area is 75.8 Å². The van der Waals surface area contributed by atoms with Gasteiger partial charge in [-0.3, -0.25) is 0 Å². The molecule has 1 rings (SSSR count). The monoisotopic (exact) mass is 180 g/mol. The summed E-state index contributed by atoms with van der Waals surface area (Å²) in [6.45, 7) is 1.84. The fourth-order valence-electron chi connectivity index (χ4n) is 0.797. The molecule has 0 fully saturated rings. The van der Waals surface area contributed by atoms with Crippen LogP contribution in [0.3, 0.4) is 0 Å². The molecule has 0 radical (unpaired) electrons. The number of aromatic nitrogens is 1. The lowest BCUT2D eigenvalue weighted by atomic mass is 10.3. The number of ether oxygens (including phenoxy) is 1. The lowest BCUT2D eigenvalue weighted by Gasteiger charge is -2.08. The topological polar surface area (TPSA) is 45.9 Å². The first-order chi connectivity index (χ1) is 6.26. The van der Waals surface area contributed by atoms with Gasteiger partial charge < -0.3 is 4.74 Å². The second-order valence-electron chi connectivity index (χ2n) is 2.46. The van der Waals surface area contributed by atoms with E-state index < -0.39 is 12.1 Å². The molecule has 0 amide bonds. The number of pyridine rings is 1. The van der Waals surface area contributed by atoms with E-state index in [2.05, 4.69) is 4.98 Å². The molecule has 0 aromatic carbocycles. The van der Waals surface area contributed by atoms with E-state index in [1.165, 1.54) is 18.3 Å². The molecule has 0 aliphatic carbocycles. The minimum atomic E-state index is -0.558. The van der Waals surface area contributed by atoms with Crippen LogP contribution >= 0.6 is 0 Å². The van der Waals surface area contributed by atoms with Crippen molar-refractivity contribution in [2.75, 3.05) is 0 Å². The highest BCUT2D eigenvalue weighted by Crippen LogP contribution is 2.11. The van der Waals surface area contributed by atoms with Crippen LogP contribution in [0.4, 0.5) is 4.39 Å². The van der Waals surface area contributed by atoms with Gasteiger partial charge in [-0.1, -0.05) is 6.92 Å². The molecule has 68 valence electrons. The molecule has 3 nitrogen and oxygen atoms in total. The lowest BCUT2D eigenvalue weighted by molar-refractivity contribution is 0.250. The van der Waals surface area contributed by atoms with E-state index in [1.54, 1.807) is 0 Å². The molecule has 0 aliphatic heterocycles. The van der Waals surface area contributed by atoms with Crippen LogP contribution in [0.25, 0.3) is 0 Å². The number of nitriles is 1. The van der Waals surface area contributed by atoms with E-state index in [4.69, 9.17) is 10.00 Å². The third-order valence-corrected chi connectivity index (χ3v) is 1.49. The van der Waals surface area contributed by atoms with Crippen LogP contribution in [0.5, 0.6) is 5.75 Å². The Hall–Kier alpha value is -1.63. The Balaban J connectivity index is 2.64. The summed E-state index contributed by atoms with van der Waals surface area (Å²) in [6, 6.07) is 4.61. The SMILES string of the molecule is CCC(C#N)Oc1ccc(F)nc1. The summed E-state index contributed by atoms with van der Waals surface area (Å²) in [4.78, 5) is 3.40. The third kappa shape index (κ3) is 2.71. The molecule has 1 heterocycles. The van der Waals surface area contributed by atoms with Gasteiger partial charge in [-0.25, -0.2) is 4.98 Å². The van der Waals surface area contributed by atoms with Gasteiger partial charge >= 0.3 is 0 Å². The molecule has 0 spiro atoms. The highest BCUT2D eigenvalue weighted by Gasteiger charge is 2.05. The van der Waals surface area contributed by atoms with Crippen molar-refractivity contribution < 1.29 is 9.13 Å². The van der Waals surface area contributed by atoms with E-state index in [9.17, 15) is 4.39 Å². The van der Waals surface area contributed by atoms with E-state index in [-0.39, 0.29) is 0 Å². The molecule has 1 aromatic rings. The van der Waals surface area contributed by atoms with Crippen molar-refractivity contribution in [2.24, 2.45) is 0 Å². The largest absolute Gasteiger partial charge is 0.474 e. The third-order valence-electron chi connectivity index (χ3n) is 1.49. The standard InChI is InChI=1S/C9H9FN2O/c1-2-7(5-11)13-8-3-4-9(10)12-6-8/h3-4,6-7H,2H2,1H3. The molecule has 0 saturated carbocycles. The zero-order valence-electron chi connectivity index (χ0n) is 7.20. The molecule has 0 aliphatic rings. The quantitative estimate of drug-likeness (QED) is 0.667. The van der Waals surface area contributed by atoms with Crippen molar-refractivity contribution in [3.05, 3.63) is 24.3 Å². The molecular formula is C9H9FN2O. The van der Waals surface area contributed by atoms with Crippen LogP contribution in [0, 0.1) is 17.3 Å². The molecule has 0 saturated heterocycles. The van der Waals surface area contributed by atoms with Gasteiger partial charge in [-0.2, -0.15) is 9.65 Å². The molecule has 1 aromatic heterocycles.